The van der Waals surface area contributed by atoms with E-state index in [1.54, 1.807) is 4.31 Å². The smallest absolute Gasteiger partial charge is 0.254 e. The first-order valence-corrected chi connectivity index (χ1v) is 8.46. The zero-order chi connectivity index (χ0) is 12.8. The lowest BCUT2D eigenvalue weighted by molar-refractivity contribution is 0.228. The molecule has 108 valence electrons. The molecule has 0 amide bonds. The zero-order valence-corrected chi connectivity index (χ0v) is 13.2. The number of aromatic nitrogens is 1. The Morgan fingerprint density at radius 1 is 1.42 bits per heavy atom. The lowest BCUT2D eigenvalue weighted by atomic mass is 9.90. The van der Waals surface area contributed by atoms with Gasteiger partial charge in [0, 0.05) is 13.1 Å². The lowest BCUT2D eigenvalue weighted by Crippen LogP contribution is -2.43. The number of halogens is 1. The third-order valence-corrected chi connectivity index (χ3v) is 7.08. The lowest BCUT2D eigenvalue weighted by Gasteiger charge is -2.33. The number of sulfonamides is 1. The predicted octanol–water partition coefficient (Wildman–Crippen LogP) is 1.10. The van der Waals surface area contributed by atoms with Gasteiger partial charge in [0.25, 0.3) is 10.0 Å². The fourth-order valence-electron chi connectivity index (χ4n) is 2.81. The van der Waals surface area contributed by atoms with Crippen LogP contribution >= 0.6 is 23.7 Å². The van der Waals surface area contributed by atoms with E-state index in [2.05, 4.69) is 10.3 Å². The van der Waals surface area contributed by atoms with Gasteiger partial charge in [0.05, 0.1) is 11.2 Å². The molecule has 3 rings (SSSR count). The van der Waals surface area contributed by atoms with Crippen molar-refractivity contribution in [3.63, 3.8) is 0 Å². The van der Waals surface area contributed by atoms with E-state index in [9.17, 15) is 8.42 Å². The first kappa shape index (κ1) is 15.2. The number of rotatable bonds is 2. The van der Waals surface area contributed by atoms with E-state index in [-0.39, 0.29) is 12.4 Å². The summed E-state index contributed by atoms with van der Waals surface area (Å²) in [5.74, 6) is 1.13. The van der Waals surface area contributed by atoms with Gasteiger partial charge in [0.15, 0.2) is 4.21 Å². The van der Waals surface area contributed by atoms with Gasteiger partial charge in [0.2, 0.25) is 0 Å². The Bertz CT molecular complexity index is 546. The summed E-state index contributed by atoms with van der Waals surface area (Å²) in [5, 5.41) is 4.15. The van der Waals surface area contributed by atoms with Crippen LogP contribution in [-0.4, -0.2) is 43.9 Å². The maximum Gasteiger partial charge on any atom is 0.254 e. The third-order valence-electron chi connectivity index (χ3n) is 3.86. The second-order valence-corrected chi connectivity index (χ2v) is 8.43. The Balaban J connectivity index is 0.00000133. The number of thiazole rings is 1. The summed E-state index contributed by atoms with van der Waals surface area (Å²) < 4.78 is 26.9. The summed E-state index contributed by atoms with van der Waals surface area (Å²) in [6, 6.07) is 0. The number of piperidine rings is 1. The molecule has 0 aromatic carbocycles. The molecule has 3 heterocycles. The van der Waals surface area contributed by atoms with E-state index in [1.165, 1.54) is 17.5 Å². The van der Waals surface area contributed by atoms with Crippen molar-refractivity contribution in [2.45, 2.75) is 17.6 Å². The molecule has 8 heteroatoms. The van der Waals surface area contributed by atoms with Crippen molar-refractivity contribution in [3.8, 4) is 0 Å². The molecule has 2 aliphatic heterocycles. The summed E-state index contributed by atoms with van der Waals surface area (Å²) >= 11 is 1.26. The van der Waals surface area contributed by atoms with Crippen LogP contribution in [0.3, 0.4) is 0 Å². The van der Waals surface area contributed by atoms with Crippen LogP contribution in [0.1, 0.15) is 11.4 Å². The van der Waals surface area contributed by atoms with Gasteiger partial charge in [-0.3, -0.25) is 0 Å². The van der Waals surface area contributed by atoms with Gasteiger partial charge >= 0.3 is 0 Å². The minimum atomic E-state index is -3.32. The number of hydrogen-bond donors (Lipinski definition) is 1. The highest BCUT2D eigenvalue weighted by Crippen LogP contribution is 2.31. The highest BCUT2D eigenvalue weighted by molar-refractivity contribution is 7.91. The Labute approximate surface area is 123 Å². The fourth-order valence-corrected chi connectivity index (χ4v) is 5.58. The van der Waals surface area contributed by atoms with Crippen LogP contribution in [0.4, 0.5) is 0 Å². The first-order valence-electron chi connectivity index (χ1n) is 6.20. The molecule has 19 heavy (non-hydrogen) atoms. The molecule has 0 radical (unpaired) electrons. The number of fused-ring (bicyclic) bond motifs is 1. The van der Waals surface area contributed by atoms with Crippen molar-refractivity contribution in [3.05, 3.63) is 11.2 Å². The van der Waals surface area contributed by atoms with Crippen molar-refractivity contribution >= 4 is 33.8 Å². The van der Waals surface area contributed by atoms with Gasteiger partial charge in [-0.25, -0.2) is 13.4 Å². The van der Waals surface area contributed by atoms with Crippen LogP contribution in [-0.2, 0) is 10.0 Å². The Kier molecular flexibility index (Phi) is 4.52. The van der Waals surface area contributed by atoms with Crippen LogP contribution in [0.2, 0.25) is 0 Å². The van der Waals surface area contributed by atoms with Crippen LogP contribution in [0, 0.1) is 18.8 Å². The summed E-state index contributed by atoms with van der Waals surface area (Å²) in [6.45, 7) is 5.10. The first-order chi connectivity index (χ1) is 8.57. The monoisotopic (exact) mass is 323 g/mol. The van der Waals surface area contributed by atoms with E-state index in [0.29, 0.717) is 29.1 Å². The molecule has 0 spiro atoms. The standard InChI is InChI=1S/C11H17N3O2S2.ClH/c1-8-13-6-11(17-8)18(15,16)14-3-2-9-4-12-5-10(9)7-14;/h6,9-10,12H,2-5,7H2,1H3;1H. The van der Waals surface area contributed by atoms with Crippen molar-refractivity contribution in [2.75, 3.05) is 26.2 Å². The summed E-state index contributed by atoms with van der Waals surface area (Å²) in [7, 11) is -3.32. The van der Waals surface area contributed by atoms with Gasteiger partial charge in [-0.1, -0.05) is 0 Å². The predicted molar refractivity (Wildman–Crippen MR) is 77.3 cm³/mol. The molecule has 0 bridgehead atoms. The SMILES string of the molecule is Cc1ncc(S(=O)(=O)N2CCC3CNCC3C2)s1.Cl. The van der Waals surface area contributed by atoms with Crippen molar-refractivity contribution in [1.82, 2.24) is 14.6 Å². The van der Waals surface area contributed by atoms with Crippen LogP contribution in [0.5, 0.6) is 0 Å². The molecule has 0 saturated carbocycles. The number of nitrogens with zero attached hydrogens (tertiary/aromatic N) is 2. The maximum absolute atomic E-state index is 12.5. The van der Waals surface area contributed by atoms with Gasteiger partial charge in [-0.2, -0.15) is 4.31 Å². The van der Waals surface area contributed by atoms with E-state index in [0.717, 1.165) is 24.5 Å². The van der Waals surface area contributed by atoms with E-state index in [1.807, 2.05) is 6.92 Å². The highest BCUT2D eigenvalue weighted by Gasteiger charge is 2.38. The van der Waals surface area contributed by atoms with Crippen LogP contribution < -0.4 is 5.32 Å². The van der Waals surface area contributed by atoms with E-state index < -0.39 is 10.0 Å². The Hall–Kier alpha value is -0.210. The van der Waals surface area contributed by atoms with Crippen molar-refractivity contribution in [2.24, 2.45) is 11.8 Å². The number of hydrogen-bond acceptors (Lipinski definition) is 5. The summed E-state index contributed by atoms with van der Waals surface area (Å²) in [6.07, 6.45) is 2.45. The minimum Gasteiger partial charge on any atom is -0.316 e. The van der Waals surface area contributed by atoms with Gasteiger partial charge in [-0.05, 0) is 38.3 Å². The van der Waals surface area contributed by atoms with Gasteiger partial charge in [-0.15, -0.1) is 23.7 Å². The minimum absolute atomic E-state index is 0. The molecule has 2 atom stereocenters. The molecule has 2 unspecified atom stereocenters. The topological polar surface area (TPSA) is 62.3 Å². The quantitative estimate of drug-likeness (QED) is 0.885. The second-order valence-electron chi connectivity index (χ2n) is 5.03. The van der Waals surface area contributed by atoms with Gasteiger partial charge < -0.3 is 5.32 Å². The number of aryl methyl sites for hydroxylation is 1. The maximum atomic E-state index is 12.5. The molecule has 1 aromatic heterocycles. The third kappa shape index (κ3) is 2.80. The average Bonchev–Trinajstić information content (AvgIpc) is 2.96. The molecule has 2 aliphatic rings. The Morgan fingerprint density at radius 2 is 2.16 bits per heavy atom. The zero-order valence-electron chi connectivity index (χ0n) is 10.7. The average molecular weight is 324 g/mol. The largest absolute Gasteiger partial charge is 0.316 e. The molecule has 2 saturated heterocycles. The molecule has 5 nitrogen and oxygen atoms in total. The van der Waals surface area contributed by atoms with Crippen LogP contribution in [0.25, 0.3) is 0 Å². The molecule has 1 aromatic rings. The molecule has 0 aliphatic carbocycles. The Morgan fingerprint density at radius 3 is 2.84 bits per heavy atom. The normalized spacial score (nSPS) is 27.8. The van der Waals surface area contributed by atoms with Gasteiger partial charge in [0.1, 0.15) is 0 Å². The summed E-state index contributed by atoms with van der Waals surface area (Å²) in [5.41, 5.74) is 0. The van der Waals surface area contributed by atoms with Crippen LogP contribution in [0.15, 0.2) is 10.4 Å². The van der Waals surface area contributed by atoms with E-state index >= 15 is 0 Å². The summed E-state index contributed by atoms with van der Waals surface area (Å²) in [4.78, 5) is 4.04. The van der Waals surface area contributed by atoms with Crippen molar-refractivity contribution in [1.29, 1.82) is 0 Å². The second kappa shape index (κ2) is 5.65. The van der Waals surface area contributed by atoms with E-state index in [4.69, 9.17) is 0 Å². The fraction of sp³-hybridized carbons (Fsp3) is 0.727. The molecule has 2 fully saturated rings. The molecule has 1 N–H and O–H groups in total. The number of nitrogens with one attached hydrogen (secondary N) is 1. The molecular formula is C11H18ClN3O2S2. The van der Waals surface area contributed by atoms with Crippen molar-refractivity contribution < 1.29 is 8.42 Å². The molecular weight excluding hydrogens is 306 g/mol. The highest BCUT2D eigenvalue weighted by atomic mass is 35.5.